The van der Waals surface area contributed by atoms with Crippen LogP contribution in [0.4, 0.5) is 5.69 Å². The first-order valence-electron chi connectivity index (χ1n) is 11.2. The van der Waals surface area contributed by atoms with Gasteiger partial charge in [-0.1, -0.05) is 66.2 Å². The summed E-state index contributed by atoms with van der Waals surface area (Å²) in [5.74, 6) is 0.692. The summed E-state index contributed by atoms with van der Waals surface area (Å²) >= 11 is 5.01. The van der Waals surface area contributed by atoms with E-state index < -0.39 is 0 Å². The van der Waals surface area contributed by atoms with Crippen LogP contribution in [0.1, 0.15) is 16.7 Å². The molecule has 4 aromatic carbocycles. The normalized spacial score (nSPS) is 16.0. The summed E-state index contributed by atoms with van der Waals surface area (Å²) in [7, 11) is 1.75. The van der Waals surface area contributed by atoms with Gasteiger partial charge in [0.05, 0.1) is 15.1 Å². The Hall–Kier alpha value is -3.35. The number of thioether (sulfide) groups is 1. The van der Waals surface area contributed by atoms with Crippen LogP contribution in [0.25, 0.3) is 16.8 Å². The fourth-order valence-electron chi connectivity index (χ4n) is 3.83. The number of amides is 1. The summed E-state index contributed by atoms with van der Waals surface area (Å²) in [5.41, 5.74) is 4.05. The molecule has 5 rings (SSSR count). The lowest BCUT2D eigenvalue weighted by Gasteiger charge is -2.11. The molecule has 35 heavy (non-hydrogen) atoms. The molecule has 1 heterocycles. The van der Waals surface area contributed by atoms with Crippen LogP contribution in [0, 0.1) is 6.92 Å². The van der Waals surface area contributed by atoms with Crippen LogP contribution >= 0.6 is 27.7 Å². The fourth-order valence-corrected chi connectivity index (χ4v) is 5.33. The van der Waals surface area contributed by atoms with Gasteiger partial charge in [-0.25, -0.2) is 4.99 Å². The molecule has 4 nitrogen and oxygen atoms in total. The number of hydrogen-bond acceptors (Lipinski definition) is 4. The maximum Gasteiger partial charge on any atom is 0.266 e. The Kier molecular flexibility index (Phi) is 6.75. The minimum atomic E-state index is -0.0618. The van der Waals surface area contributed by atoms with Gasteiger partial charge >= 0.3 is 0 Å². The van der Waals surface area contributed by atoms with Crippen LogP contribution in [-0.4, -0.2) is 23.0 Å². The lowest BCUT2D eigenvalue weighted by molar-refractivity contribution is -0.121. The molecule has 0 unspecified atom stereocenters. The van der Waals surface area contributed by atoms with Crippen LogP contribution in [0.3, 0.4) is 0 Å². The molecule has 1 saturated heterocycles. The average Bonchev–Trinajstić information content (AvgIpc) is 3.12. The molecule has 0 saturated carbocycles. The number of hydrogen-bond donors (Lipinski definition) is 0. The quantitative estimate of drug-likeness (QED) is 0.242. The van der Waals surface area contributed by atoms with Crippen molar-refractivity contribution in [3.05, 3.63) is 111 Å². The summed E-state index contributed by atoms with van der Waals surface area (Å²) < 4.78 is 6.96. The van der Waals surface area contributed by atoms with E-state index in [1.165, 1.54) is 28.1 Å². The SMILES string of the molecule is Cc1ccc(N=C2S/C(=C/c3ccc(OCc4cccc5ccccc45)c(Br)c3)C(=O)N2C)cc1. The third-order valence-electron chi connectivity index (χ3n) is 5.78. The third kappa shape index (κ3) is 5.19. The van der Waals surface area contributed by atoms with Crippen LogP contribution in [-0.2, 0) is 11.4 Å². The number of carbonyl (C=O) groups excluding carboxylic acids is 1. The number of ether oxygens (including phenoxy) is 1. The van der Waals surface area contributed by atoms with Gasteiger partial charge in [0.15, 0.2) is 5.17 Å². The van der Waals surface area contributed by atoms with Crippen molar-refractivity contribution in [2.24, 2.45) is 4.99 Å². The summed E-state index contributed by atoms with van der Waals surface area (Å²) in [6.45, 7) is 2.51. The summed E-state index contributed by atoms with van der Waals surface area (Å²) in [5, 5.41) is 3.05. The molecule has 0 atom stereocenters. The van der Waals surface area contributed by atoms with Crippen molar-refractivity contribution in [1.82, 2.24) is 4.90 Å². The first-order chi connectivity index (χ1) is 17.0. The number of fused-ring (bicyclic) bond motifs is 1. The van der Waals surface area contributed by atoms with Crippen molar-refractivity contribution in [2.75, 3.05) is 7.05 Å². The average molecular weight is 543 g/mol. The molecule has 4 aromatic rings. The summed E-state index contributed by atoms with van der Waals surface area (Å²) in [6.07, 6.45) is 1.89. The number of nitrogens with zero attached hydrogens (tertiary/aromatic N) is 2. The minimum absolute atomic E-state index is 0.0618. The molecule has 0 spiro atoms. The molecule has 174 valence electrons. The zero-order chi connectivity index (χ0) is 24.4. The number of benzene rings is 4. The standard InChI is InChI=1S/C29H23BrN2O2S/c1-19-10-13-23(14-11-19)31-29-32(2)28(33)27(35-29)17-20-12-15-26(25(30)16-20)34-18-22-8-5-7-21-6-3-4-9-24(21)22/h3-17H,18H2,1-2H3/b27-17+,31-29?. The second-order valence-electron chi connectivity index (χ2n) is 8.32. The second-order valence-corrected chi connectivity index (χ2v) is 10.2. The van der Waals surface area contributed by atoms with Crippen LogP contribution in [0.5, 0.6) is 5.75 Å². The second kappa shape index (κ2) is 10.1. The van der Waals surface area contributed by atoms with Crippen molar-refractivity contribution in [2.45, 2.75) is 13.5 Å². The van der Waals surface area contributed by atoms with Crippen LogP contribution in [0.2, 0.25) is 0 Å². The smallest absolute Gasteiger partial charge is 0.266 e. The molecular formula is C29H23BrN2O2S. The number of halogens is 1. The van der Waals surface area contributed by atoms with Crippen molar-refractivity contribution >= 4 is 61.3 Å². The lowest BCUT2D eigenvalue weighted by Crippen LogP contribution is -2.23. The van der Waals surface area contributed by atoms with E-state index >= 15 is 0 Å². The molecular weight excluding hydrogens is 520 g/mol. The predicted molar refractivity (Wildman–Crippen MR) is 149 cm³/mol. The highest BCUT2D eigenvalue weighted by Gasteiger charge is 2.30. The van der Waals surface area contributed by atoms with E-state index in [0.29, 0.717) is 16.7 Å². The lowest BCUT2D eigenvalue weighted by atomic mass is 10.1. The van der Waals surface area contributed by atoms with E-state index in [2.05, 4.69) is 51.3 Å². The Morgan fingerprint density at radius 3 is 2.57 bits per heavy atom. The highest BCUT2D eigenvalue weighted by Crippen LogP contribution is 2.35. The van der Waals surface area contributed by atoms with Gasteiger partial charge in [-0.05, 0) is 86.9 Å². The van der Waals surface area contributed by atoms with Gasteiger partial charge in [0.25, 0.3) is 5.91 Å². The largest absolute Gasteiger partial charge is 0.488 e. The van der Waals surface area contributed by atoms with Crippen molar-refractivity contribution in [3.8, 4) is 5.75 Å². The van der Waals surface area contributed by atoms with Gasteiger partial charge in [0.1, 0.15) is 12.4 Å². The predicted octanol–water partition coefficient (Wildman–Crippen LogP) is 7.72. The van der Waals surface area contributed by atoms with E-state index in [9.17, 15) is 4.79 Å². The molecule has 1 fully saturated rings. The van der Waals surface area contributed by atoms with Gasteiger partial charge in [-0.3, -0.25) is 9.69 Å². The monoisotopic (exact) mass is 542 g/mol. The van der Waals surface area contributed by atoms with Crippen molar-refractivity contribution in [3.63, 3.8) is 0 Å². The van der Waals surface area contributed by atoms with E-state index in [1.807, 2.05) is 67.6 Å². The first-order valence-corrected chi connectivity index (χ1v) is 12.8. The number of likely N-dealkylation sites (N-methyl/N-ethyl adjacent to an activating group) is 1. The van der Waals surface area contributed by atoms with Crippen molar-refractivity contribution < 1.29 is 9.53 Å². The van der Waals surface area contributed by atoms with Gasteiger partial charge in [0, 0.05) is 7.05 Å². The molecule has 0 bridgehead atoms. The number of carbonyl (C=O) groups is 1. The highest BCUT2D eigenvalue weighted by molar-refractivity contribution is 9.10. The Morgan fingerprint density at radius 1 is 1.00 bits per heavy atom. The van der Waals surface area contributed by atoms with E-state index in [4.69, 9.17) is 4.74 Å². The summed E-state index contributed by atoms with van der Waals surface area (Å²) in [4.78, 5) is 19.7. The van der Waals surface area contributed by atoms with E-state index in [0.717, 1.165) is 27.0 Å². The van der Waals surface area contributed by atoms with Gasteiger partial charge < -0.3 is 4.74 Å². The van der Waals surface area contributed by atoms with E-state index in [-0.39, 0.29) is 5.91 Å². The van der Waals surface area contributed by atoms with Gasteiger partial charge in [-0.2, -0.15) is 0 Å². The molecule has 1 amide bonds. The Balaban J connectivity index is 1.32. The first kappa shape index (κ1) is 23.4. The minimum Gasteiger partial charge on any atom is -0.488 e. The number of aryl methyl sites for hydroxylation is 1. The highest BCUT2D eigenvalue weighted by atomic mass is 79.9. The molecule has 0 aromatic heterocycles. The number of aliphatic imine (C=N–C) groups is 1. The van der Waals surface area contributed by atoms with E-state index in [1.54, 1.807) is 11.9 Å². The maximum absolute atomic E-state index is 12.8. The Labute approximate surface area is 217 Å². The Morgan fingerprint density at radius 2 is 1.77 bits per heavy atom. The molecule has 0 N–H and O–H groups in total. The van der Waals surface area contributed by atoms with Gasteiger partial charge in [0.2, 0.25) is 0 Å². The van der Waals surface area contributed by atoms with Gasteiger partial charge in [-0.15, -0.1) is 0 Å². The Bertz CT molecular complexity index is 1470. The third-order valence-corrected chi connectivity index (χ3v) is 7.46. The number of rotatable bonds is 5. The zero-order valence-corrected chi connectivity index (χ0v) is 21.8. The molecule has 1 aliphatic heterocycles. The fraction of sp³-hybridized carbons (Fsp3) is 0.103. The zero-order valence-electron chi connectivity index (χ0n) is 19.4. The topological polar surface area (TPSA) is 41.9 Å². The van der Waals surface area contributed by atoms with Crippen LogP contribution in [0.15, 0.2) is 99.3 Å². The molecule has 0 radical (unpaired) electrons. The van der Waals surface area contributed by atoms with Crippen LogP contribution < -0.4 is 4.74 Å². The van der Waals surface area contributed by atoms with Crippen molar-refractivity contribution in [1.29, 1.82) is 0 Å². The molecule has 1 aliphatic rings. The molecule has 0 aliphatic carbocycles. The molecule has 6 heteroatoms. The summed E-state index contributed by atoms with van der Waals surface area (Å²) in [6, 6.07) is 28.3. The number of amidine groups is 1. The maximum atomic E-state index is 12.8.